The molecular formula is C12H18O5. The van der Waals surface area contributed by atoms with Gasteiger partial charge in [0.15, 0.2) is 0 Å². The van der Waals surface area contributed by atoms with Gasteiger partial charge in [-0.05, 0) is 19.8 Å². The second kappa shape index (κ2) is 4.31. The maximum atomic E-state index is 11.6. The van der Waals surface area contributed by atoms with E-state index in [4.69, 9.17) is 14.2 Å². The Kier molecular flexibility index (Phi) is 3.14. The van der Waals surface area contributed by atoms with Crippen molar-refractivity contribution >= 4 is 5.97 Å². The Morgan fingerprint density at radius 3 is 2.88 bits per heavy atom. The highest BCUT2D eigenvalue weighted by atomic mass is 16.7. The summed E-state index contributed by atoms with van der Waals surface area (Å²) in [7, 11) is 2.88. The van der Waals surface area contributed by atoms with E-state index in [9.17, 15) is 9.90 Å². The van der Waals surface area contributed by atoms with E-state index in [0.717, 1.165) is 6.42 Å². The number of rotatable bonds is 2. The van der Waals surface area contributed by atoms with Crippen molar-refractivity contribution in [1.82, 2.24) is 0 Å². The number of carbonyl (C=O) groups excluding carboxylic acids is 1. The van der Waals surface area contributed by atoms with Gasteiger partial charge in [0.2, 0.25) is 6.29 Å². The van der Waals surface area contributed by atoms with E-state index in [-0.39, 0.29) is 11.8 Å². The molecule has 0 unspecified atom stereocenters. The third-order valence-corrected chi connectivity index (χ3v) is 3.79. The molecule has 5 heteroatoms. The zero-order chi connectivity index (χ0) is 12.6. The predicted octanol–water partition coefficient (Wildman–Crippen LogP) is 0.823. The standard InChI is InChI=1S/C12H18O5/c1-12(14)5-4-7-8(10(13)15-2)6-17-11(16-3)9(7)12/h6-7,9,11,14H,4-5H2,1-3H3/t7-,9-,11-,12+/m0/s1. The van der Waals surface area contributed by atoms with E-state index in [1.54, 1.807) is 6.92 Å². The van der Waals surface area contributed by atoms with Gasteiger partial charge in [-0.2, -0.15) is 0 Å². The number of ether oxygens (including phenoxy) is 3. The molecule has 2 rings (SSSR count). The fraction of sp³-hybridized carbons (Fsp3) is 0.750. The van der Waals surface area contributed by atoms with Crippen LogP contribution in [0.15, 0.2) is 11.8 Å². The lowest BCUT2D eigenvalue weighted by Crippen LogP contribution is -2.45. The summed E-state index contributed by atoms with van der Waals surface area (Å²) in [6, 6.07) is 0. The minimum Gasteiger partial charge on any atom is -0.472 e. The molecular weight excluding hydrogens is 224 g/mol. The molecule has 4 atom stereocenters. The van der Waals surface area contributed by atoms with Crippen LogP contribution in [0.3, 0.4) is 0 Å². The summed E-state index contributed by atoms with van der Waals surface area (Å²) in [6.07, 6.45) is 2.26. The van der Waals surface area contributed by atoms with Crippen LogP contribution in [-0.2, 0) is 19.0 Å². The van der Waals surface area contributed by atoms with Crippen LogP contribution in [0.4, 0.5) is 0 Å². The topological polar surface area (TPSA) is 65.0 Å². The summed E-state index contributed by atoms with van der Waals surface area (Å²) in [5.41, 5.74) is -0.387. The molecule has 1 heterocycles. The maximum absolute atomic E-state index is 11.6. The quantitative estimate of drug-likeness (QED) is 0.726. The number of hydrogen-bond acceptors (Lipinski definition) is 5. The summed E-state index contributed by atoms with van der Waals surface area (Å²) < 4.78 is 15.3. The zero-order valence-corrected chi connectivity index (χ0v) is 10.3. The fourth-order valence-corrected chi connectivity index (χ4v) is 2.89. The third kappa shape index (κ3) is 1.93. The van der Waals surface area contributed by atoms with Gasteiger partial charge >= 0.3 is 5.97 Å². The van der Waals surface area contributed by atoms with Gasteiger partial charge < -0.3 is 19.3 Å². The lowest BCUT2D eigenvalue weighted by molar-refractivity contribution is -0.180. The number of esters is 1. The van der Waals surface area contributed by atoms with E-state index >= 15 is 0 Å². The molecule has 5 nitrogen and oxygen atoms in total. The Bertz CT molecular complexity index is 347. The van der Waals surface area contributed by atoms with Gasteiger partial charge in [0.05, 0.1) is 30.5 Å². The molecule has 0 aromatic rings. The first-order valence-electron chi connectivity index (χ1n) is 5.70. The van der Waals surface area contributed by atoms with Gasteiger partial charge in [0, 0.05) is 13.0 Å². The monoisotopic (exact) mass is 242 g/mol. The molecule has 1 aliphatic carbocycles. The Morgan fingerprint density at radius 2 is 2.29 bits per heavy atom. The molecule has 0 aromatic heterocycles. The van der Waals surface area contributed by atoms with Crippen molar-refractivity contribution in [2.45, 2.75) is 31.7 Å². The van der Waals surface area contributed by atoms with Gasteiger partial charge in [0.25, 0.3) is 0 Å². The molecule has 1 fully saturated rings. The molecule has 0 bridgehead atoms. The van der Waals surface area contributed by atoms with Gasteiger partial charge in [-0.15, -0.1) is 0 Å². The highest BCUT2D eigenvalue weighted by molar-refractivity contribution is 5.89. The van der Waals surface area contributed by atoms with Crippen LogP contribution in [0, 0.1) is 11.8 Å². The molecule has 1 saturated carbocycles. The molecule has 0 spiro atoms. The second-order valence-corrected chi connectivity index (χ2v) is 4.83. The van der Waals surface area contributed by atoms with Crippen molar-refractivity contribution in [2.75, 3.05) is 14.2 Å². The number of carbonyl (C=O) groups is 1. The van der Waals surface area contributed by atoms with E-state index in [2.05, 4.69) is 0 Å². The van der Waals surface area contributed by atoms with Gasteiger partial charge in [-0.1, -0.05) is 0 Å². The maximum Gasteiger partial charge on any atom is 0.337 e. The lowest BCUT2D eigenvalue weighted by Gasteiger charge is -2.37. The highest BCUT2D eigenvalue weighted by Gasteiger charge is 2.53. The van der Waals surface area contributed by atoms with Crippen LogP contribution in [-0.4, -0.2) is 37.2 Å². The molecule has 0 saturated heterocycles. The van der Waals surface area contributed by atoms with Crippen molar-refractivity contribution in [3.05, 3.63) is 11.8 Å². The first kappa shape index (κ1) is 12.4. The fourth-order valence-electron chi connectivity index (χ4n) is 2.89. The molecule has 2 aliphatic rings. The molecule has 0 amide bonds. The Balaban J connectivity index is 2.31. The molecule has 17 heavy (non-hydrogen) atoms. The normalized spacial score (nSPS) is 40.2. The van der Waals surface area contributed by atoms with Crippen molar-refractivity contribution in [3.63, 3.8) is 0 Å². The largest absolute Gasteiger partial charge is 0.472 e. The van der Waals surface area contributed by atoms with Crippen molar-refractivity contribution in [2.24, 2.45) is 11.8 Å². The van der Waals surface area contributed by atoms with Crippen LogP contribution >= 0.6 is 0 Å². The highest BCUT2D eigenvalue weighted by Crippen LogP contribution is 2.48. The number of methoxy groups -OCH3 is 2. The van der Waals surface area contributed by atoms with Crippen LogP contribution < -0.4 is 0 Å². The summed E-state index contributed by atoms with van der Waals surface area (Å²) >= 11 is 0. The minimum absolute atomic E-state index is 0.0591. The Labute approximate surface area is 100 Å². The molecule has 1 N–H and O–H groups in total. The third-order valence-electron chi connectivity index (χ3n) is 3.79. The lowest BCUT2D eigenvalue weighted by atomic mass is 9.81. The van der Waals surface area contributed by atoms with Crippen LogP contribution in [0.5, 0.6) is 0 Å². The average molecular weight is 242 g/mol. The van der Waals surface area contributed by atoms with Crippen molar-refractivity contribution < 1.29 is 24.1 Å². The first-order chi connectivity index (χ1) is 8.01. The number of aliphatic hydroxyl groups is 1. The zero-order valence-electron chi connectivity index (χ0n) is 10.3. The minimum atomic E-state index is -0.876. The van der Waals surface area contributed by atoms with Gasteiger partial charge in [0.1, 0.15) is 0 Å². The first-order valence-corrected chi connectivity index (χ1v) is 5.70. The van der Waals surface area contributed by atoms with E-state index in [0.29, 0.717) is 12.0 Å². The van der Waals surface area contributed by atoms with Crippen LogP contribution in [0.1, 0.15) is 19.8 Å². The number of fused-ring (bicyclic) bond motifs is 1. The van der Waals surface area contributed by atoms with E-state index in [1.807, 2.05) is 0 Å². The second-order valence-electron chi connectivity index (χ2n) is 4.83. The Morgan fingerprint density at radius 1 is 1.59 bits per heavy atom. The molecule has 0 radical (unpaired) electrons. The Hall–Kier alpha value is -1.07. The summed E-state index contributed by atoms with van der Waals surface area (Å²) in [6.45, 7) is 1.76. The molecule has 1 aliphatic heterocycles. The van der Waals surface area contributed by atoms with E-state index < -0.39 is 17.9 Å². The van der Waals surface area contributed by atoms with Gasteiger partial charge in [-0.25, -0.2) is 4.79 Å². The van der Waals surface area contributed by atoms with Crippen molar-refractivity contribution in [3.8, 4) is 0 Å². The number of hydrogen-bond donors (Lipinski definition) is 1. The summed E-state index contributed by atoms with van der Waals surface area (Å²) in [4.78, 5) is 11.6. The average Bonchev–Trinajstić information content (AvgIpc) is 2.64. The smallest absolute Gasteiger partial charge is 0.337 e. The summed E-state index contributed by atoms with van der Waals surface area (Å²) in [5, 5.41) is 10.3. The van der Waals surface area contributed by atoms with Crippen LogP contribution in [0.2, 0.25) is 0 Å². The molecule has 0 aromatic carbocycles. The van der Waals surface area contributed by atoms with E-state index in [1.165, 1.54) is 20.5 Å². The molecule has 96 valence electrons. The SMILES string of the molecule is COC(=O)C1=CO[C@H](OC)[C@@H]2[C@H]1CC[C@@]2(C)O. The van der Waals surface area contributed by atoms with Crippen LogP contribution in [0.25, 0.3) is 0 Å². The van der Waals surface area contributed by atoms with Crippen molar-refractivity contribution in [1.29, 1.82) is 0 Å². The predicted molar refractivity (Wildman–Crippen MR) is 58.8 cm³/mol. The van der Waals surface area contributed by atoms with Gasteiger partial charge in [-0.3, -0.25) is 0 Å². The summed E-state index contributed by atoms with van der Waals surface area (Å²) in [5.74, 6) is -0.685.